The van der Waals surface area contributed by atoms with Crippen molar-refractivity contribution in [3.8, 4) is 5.69 Å². The molecule has 9 nitrogen and oxygen atoms in total. The molecule has 47 heavy (non-hydrogen) atoms. The van der Waals surface area contributed by atoms with E-state index in [0.717, 1.165) is 47.2 Å². The summed E-state index contributed by atoms with van der Waals surface area (Å²) in [6.45, 7) is 8.40. The summed E-state index contributed by atoms with van der Waals surface area (Å²) in [6, 6.07) is 18.4. The third-order valence-electron chi connectivity index (χ3n) is 8.38. The number of nitrogens with zero attached hydrogens (tertiary/aromatic N) is 2. The number of carbonyl (C=O) groups excluding carboxylic acids is 3. The van der Waals surface area contributed by atoms with E-state index in [9.17, 15) is 18.8 Å². The number of fused-ring (bicyclic) bond motifs is 1. The van der Waals surface area contributed by atoms with Crippen LogP contribution in [0, 0.1) is 12.7 Å². The molecule has 0 unspecified atom stereocenters. The fourth-order valence-electron chi connectivity index (χ4n) is 5.66. The highest BCUT2D eigenvalue weighted by molar-refractivity contribution is 5.95. The van der Waals surface area contributed by atoms with Gasteiger partial charge in [0, 0.05) is 60.9 Å². The number of aromatic nitrogens is 1. The van der Waals surface area contributed by atoms with Gasteiger partial charge in [0.25, 0.3) is 5.91 Å². The third-order valence-corrected chi connectivity index (χ3v) is 8.38. The van der Waals surface area contributed by atoms with Crippen molar-refractivity contribution >= 4 is 40.5 Å². The topological polar surface area (TPSA) is 108 Å². The van der Waals surface area contributed by atoms with Crippen molar-refractivity contribution in [1.82, 2.24) is 25.8 Å². The van der Waals surface area contributed by atoms with E-state index in [0.29, 0.717) is 24.2 Å². The Bertz CT molecular complexity index is 1740. The SMILES string of the molecule is C/C=C(\NC=O)c1cccc(C(=O)NC)c1.CN[C@@H](C)C(=O)NCCc1cc(N2CCCC2)cc(-n2cc(C)c3cc(F)ccc32)c1. The molecule has 0 radical (unpaired) electrons. The molecule has 0 bridgehead atoms. The highest BCUT2D eigenvalue weighted by Gasteiger charge is 2.16. The van der Waals surface area contributed by atoms with Crippen LogP contribution in [0.5, 0.6) is 0 Å². The molecule has 0 spiro atoms. The number of allylic oxidation sites excluding steroid dienone is 1. The molecule has 2 heterocycles. The molecule has 1 saturated heterocycles. The van der Waals surface area contributed by atoms with Gasteiger partial charge in [-0.25, -0.2) is 4.39 Å². The summed E-state index contributed by atoms with van der Waals surface area (Å²) >= 11 is 0. The van der Waals surface area contributed by atoms with Crippen LogP contribution in [0.1, 0.15) is 53.7 Å². The zero-order chi connectivity index (χ0) is 33.9. The second kappa shape index (κ2) is 16.6. The molecule has 1 aliphatic rings. The molecule has 3 aromatic carbocycles. The van der Waals surface area contributed by atoms with E-state index in [1.807, 2.05) is 32.9 Å². The van der Waals surface area contributed by atoms with Crippen LogP contribution in [-0.4, -0.2) is 62.6 Å². The Labute approximate surface area is 276 Å². The lowest BCUT2D eigenvalue weighted by atomic mass is 10.1. The summed E-state index contributed by atoms with van der Waals surface area (Å²) in [6.07, 6.45) is 7.64. The lowest BCUT2D eigenvalue weighted by Gasteiger charge is -2.21. The Balaban J connectivity index is 0.000000264. The fraction of sp³-hybridized carbons (Fsp3) is 0.324. The number of aryl methyl sites for hydroxylation is 1. The molecule has 5 rings (SSSR count). The van der Waals surface area contributed by atoms with Crippen molar-refractivity contribution in [3.63, 3.8) is 0 Å². The van der Waals surface area contributed by atoms with Gasteiger partial charge < -0.3 is 30.7 Å². The van der Waals surface area contributed by atoms with E-state index in [-0.39, 0.29) is 23.7 Å². The van der Waals surface area contributed by atoms with Gasteiger partial charge in [-0.15, -0.1) is 0 Å². The number of carbonyl (C=O) groups is 3. The molecular formula is C37H45FN6O3. The smallest absolute Gasteiger partial charge is 0.251 e. The standard InChI is InChI=1S/C25H31FN4O.C12H14N2O2/c1-17-16-30(24-7-6-20(26)14-23(17)24)22-13-19(8-9-28-25(31)18(2)27-3)12-21(15-22)29-10-4-5-11-29;1-3-11(14-8-15)9-5-4-6-10(7-9)12(16)13-2/h6-7,12-16,18,27H,4-5,8-11H2,1-3H3,(H,28,31);3-8H,1-2H3,(H,13,16)(H,14,15)/b;11-3-/t18-;/m0./s1. The summed E-state index contributed by atoms with van der Waals surface area (Å²) in [7, 11) is 3.36. The van der Waals surface area contributed by atoms with Gasteiger partial charge in [0.1, 0.15) is 5.82 Å². The number of amides is 3. The Morgan fingerprint density at radius 1 is 0.979 bits per heavy atom. The van der Waals surface area contributed by atoms with Gasteiger partial charge in [0.2, 0.25) is 12.3 Å². The number of halogens is 1. The molecule has 10 heteroatoms. The first kappa shape index (κ1) is 34.9. The van der Waals surface area contributed by atoms with E-state index in [4.69, 9.17) is 0 Å². The second-order valence-corrected chi connectivity index (χ2v) is 11.6. The van der Waals surface area contributed by atoms with Crippen LogP contribution in [-0.2, 0) is 16.0 Å². The number of rotatable bonds is 11. The number of anilines is 1. The summed E-state index contributed by atoms with van der Waals surface area (Å²) in [5.41, 5.74) is 7.55. The molecule has 248 valence electrons. The Morgan fingerprint density at radius 2 is 1.70 bits per heavy atom. The third kappa shape index (κ3) is 8.86. The highest BCUT2D eigenvalue weighted by atomic mass is 19.1. The summed E-state index contributed by atoms with van der Waals surface area (Å²) in [5, 5.41) is 12.0. The first-order valence-corrected chi connectivity index (χ1v) is 16.0. The Hall–Kier alpha value is -4.96. The molecule has 0 aliphatic carbocycles. The van der Waals surface area contributed by atoms with Crippen molar-refractivity contribution < 1.29 is 18.8 Å². The minimum absolute atomic E-state index is 0.00692. The Kier molecular flexibility index (Phi) is 12.3. The highest BCUT2D eigenvalue weighted by Crippen LogP contribution is 2.30. The van der Waals surface area contributed by atoms with Crippen molar-refractivity contribution in [1.29, 1.82) is 0 Å². The van der Waals surface area contributed by atoms with Crippen LogP contribution in [0.25, 0.3) is 22.3 Å². The van der Waals surface area contributed by atoms with Gasteiger partial charge in [-0.2, -0.15) is 0 Å². The van der Waals surface area contributed by atoms with Crippen LogP contribution in [0.3, 0.4) is 0 Å². The second-order valence-electron chi connectivity index (χ2n) is 11.6. The minimum atomic E-state index is -0.216. The van der Waals surface area contributed by atoms with Crippen LogP contribution in [0.15, 0.2) is 72.9 Å². The van der Waals surface area contributed by atoms with E-state index >= 15 is 0 Å². The minimum Gasteiger partial charge on any atom is -0.371 e. The number of hydrogen-bond donors (Lipinski definition) is 4. The van der Waals surface area contributed by atoms with E-state index < -0.39 is 0 Å². The lowest BCUT2D eigenvalue weighted by molar-refractivity contribution is -0.122. The van der Waals surface area contributed by atoms with Gasteiger partial charge in [0.15, 0.2) is 0 Å². The number of hydrogen-bond acceptors (Lipinski definition) is 5. The van der Waals surface area contributed by atoms with Crippen LogP contribution >= 0.6 is 0 Å². The normalized spacial score (nSPS) is 13.5. The van der Waals surface area contributed by atoms with Gasteiger partial charge in [-0.1, -0.05) is 18.2 Å². The zero-order valence-corrected chi connectivity index (χ0v) is 27.8. The average molecular weight is 641 g/mol. The van der Waals surface area contributed by atoms with E-state index in [2.05, 4.69) is 55.1 Å². The molecule has 0 saturated carbocycles. The maximum Gasteiger partial charge on any atom is 0.251 e. The first-order valence-electron chi connectivity index (χ1n) is 16.0. The Morgan fingerprint density at radius 3 is 2.38 bits per heavy atom. The molecule has 3 amide bonds. The van der Waals surface area contributed by atoms with Gasteiger partial charge in [-0.05, 0) is 112 Å². The largest absolute Gasteiger partial charge is 0.371 e. The molecule has 1 aromatic heterocycles. The predicted octanol–water partition coefficient (Wildman–Crippen LogP) is 5.10. The summed E-state index contributed by atoms with van der Waals surface area (Å²) in [4.78, 5) is 36.3. The van der Waals surface area contributed by atoms with E-state index in [1.54, 1.807) is 44.4 Å². The van der Waals surface area contributed by atoms with Gasteiger partial charge >= 0.3 is 0 Å². The lowest BCUT2D eigenvalue weighted by Crippen LogP contribution is -2.41. The van der Waals surface area contributed by atoms with Crippen LogP contribution in [0.2, 0.25) is 0 Å². The molecule has 1 atom stereocenters. The van der Waals surface area contributed by atoms with Crippen molar-refractivity contribution in [2.45, 2.75) is 46.1 Å². The van der Waals surface area contributed by atoms with Crippen molar-refractivity contribution in [3.05, 3.63) is 101 Å². The molecule has 4 aromatic rings. The average Bonchev–Trinajstić information content (AvgIpc) is 3.75. The number of nitrogens with one attached hydrogen (secondary N) is 4. The zero-order valence-electron chi connectivity index (χ0n) is 27.8. The quantitative estimate of drug-likeness (QED) is 0.171. The molecule has 1 fully saturated rings. The van der Waals surface area contributed by atoms with Crippen LogP contribution in [0.4, 0.5) is 10.1 Å². The number of likely N-dealkylation sites (N-methyl/N-ethyl adjacent to an activating group) is 1. The summed E-state index contributed by atoms with van der Waals surface area (Å²) in [5.74, 6) is -0.359. The molecule has 1 aliphatic heterocycles. The van der Waals surface area contributed by atoms with Crippen molar-refractivity contribution in [2.24, 2.45) is 0 Å². The van der Waals surface area contributed by atoms with E-state index in [1.165, 1.54) is 30.2 Å². The maximum absolute atomic E-state index is 13.8. The number of benzene rings is 3. The monoisotopic (exact) mass is 640 g/mol. The fourth-order valence-corrected chi connectivity index (χ4v) is 5.66. The van der Waals surface area contributed by atoms with Gasteiger partial charge in [0.05, 0.1) is 11.6 Å². The summed E-state index contributed by atoms with van der Waals surface area (Å²) < 4.78 is 15.9. The molecular weight excluding hydrogens is 595 g/mol. The predicted molar refractivity (Wildman–Crippen MR) is 187 cm³/mol. The van der Waals surface area contributed by atoms with Crippen molar-refractivity contribution in [2.75, 3.05) is 38.6 Å². The molecule has 4 N–H and O–H groups in total. The van der Waals surface area contributed by atoms with Gasteiger partial charge in [-0.3, -0.25) is 14.4 Å². The first-order chi connectivity index (χ1) is 22.7. The van der Waals surface area contributed by atoms with Crippen LogP contribution < -0.4 is 26.2 Å². The maximum atomic E-state index is 13.8.